The Morgan fingerprint density at radius 2 is 1.85 bits per heavy atom. The molecule has 1 unspecified atom stereocenters. The molecule has 1 N–H and O–H groups in total. The minimum atomic E-state index is 0.690. The fourth-order valence-corrected chi connectivity index (χ4v) is 5.11. The van der Waals surface area contributed by atoms with E-state index in [0.29, 0.717) is 6.04 Å². The number of hydrogen-bond donors (Lipinski definition) is 1. The van der Waals surface area contributed by atoms with Crippen LogP contribution in [0.2, 0.25) is 0 Å². The summed E-state index contributed by atoms with van der Waals surface area (Å²) in [7, 11) is 0. The highest BCUT2D eigenvalue weighted by atomic mass is 32.2. The van der Waals surface area contributed by atoms with Gasteiger partial charge in [0.2, 0.25) is 0 Å². The molecule has 0 aromatic carbocycles. The predicted octanol–water partition coefficient (Wildman–Crippen LogP) is 4.84. The zero-order valence-corrected chi connectivity index (χ0v) is 14.3. The van der Waals surface area contributed by atoms with E-state index in [4.69, 9.17) is 4.99 Å². The van der Waals surface area contributed by atoms with Crippen LogP contribution >= 0.6 is 11.8 Å². The zero-order chi connectivity index (χ0) is 14.4. The van der Waals surface area contributed by atoms with Gasteiger partial charge in [-0.3, -0.25) is 4.99 Å². The first-order valence-corrected chi connectivity index (χ1v) is 9.62. The van der Waals surface area contributed by atoms with Crippen molar-refractivity contribution in [3.8, 4) is 0 Å². The van der Waals surface area contributed by atoms with E-state index >= 15 is 0 Å². The van der Waals surface area contributed by atoms with Crippen molar-refractivity contribution in [2.45, 2.75) is 83.4 Å². The molecule has 3 heteroatoms. The van der Waals surface area contributed by atoms with Crippen molar-refractivity contribution >= 4 is 16.9 Å². The first-order valence-electron chi connectivity index (χ1n) is 8.74. The van der Waals surface area contributed by atoms with Crippen LogP contribution in [0.5, 0.6) is 0 Å². The molecule has 1 aliphatic heterocycles. The third-order valence-electron chi connectivity index (χ3n) is 5.12. The second kappa shape index (κ2) is 8.31. The summed E-state index contributed by atoms with van der Waals surface area (Å²) in [5.74, 6) is 1.83. The van der Waals surface area contributed by atoms with Gasteiger partial charge in [-0.05, 0) is 37.5 Å². The van der Waals surface area contributed by atoms with Gasteiger partial charge in [0, 0.05) is 11.3 Å². The molecule has 0 aromatic heterocycles. The molecule has 0 aromatic rings. The topological polar surface area (TPSA) is 24.4 Å². The monoisotopic (exact) mass is 296 g/mol. The van der Waals surface area contributed by atoms with E-state index in [2.05, 4.69) is 26.1 Å². The Morgan fingerprint density at radius 3 is 2.45 bits per heavy atom. The van der Waals surface area contributed by atoms with Gasteiger partial charge in [0.05, 0.1) is 6.54 Å². The van der Waals surface area contributed by atoms with Gasteiger partial charge in [0.15, 0.2) is 5.17 Å². The second-order valence-electron chi connectivity index (χ2n) is 6.53. The van der Waals surface area contributed by atoms with Gasteiger partial charge in [0.25, 0.3) is 0 Å². The van der Waals surface area contributed by atoms with Gasteiger partial charge in [-0.15, -0.1) is 0 Å². The Balaban J connectivity index is 1.71. The normalized spacial score (nSPS) is 30.6. The number of hydrogen-bond acceptors (Lipinski definition) is 3. The van der Waals surface area contributed by atoms with E-state index in [1.807, 2.05) is 11.8 Å². The van der Waals surface area contributed by atoms with Crippen LogP contribution in [0, 0.1) is 11.8 Å². The fraction of sp³-hybridized carbons (Fsp3) is 0.941. The highest BCUT2D eigenvalue weighted by Crippen LogP contribution is 2.32. The van der Waals surface area contributed by atoms with Gasteiger partial charge in [-0.25, -0.2) is 0 Å². The Morgan fingerprint density at radius 1 is 1.15 bits per heavy atom. The van der Waals surface area contributed by atoms with Crippen LogP contribution < -0.4 is 5.32 Å². The number of rotatable bonds is 6. The lowest BCUT2D eigenvalue weighted by atomic mass is 9.84. The largest absolute Gasteiger partial charge is 0.362 e. The molecule has 0 radical (unpaired) electrons. The molecular weight excluding hydrogens is 264 g/mol. The number of nitrogens with one attached hydrogen (secondary N) is 1. The van der Waals surface area contributed by atoms with E-state index in [9.17, 15) is 0 Å². The molecule has 1 saturated carbocycles. The van der Waals surface area contributed by atoms with Crippen LogP contribution in [0.1, 0.15) is 72.1 Å². The van der Waals surface area contributed by atoms with E-state index in [0.717, 1.165) is 23.6 Å². The molecule has 0 amide bonds. The van der Waals surface area contributed by atoms with Crippen LogP contribution in [0.15, 0.2) is 4.99 Å². The van der Waals surface area contributed by atoms with E-state index in [-0.39, 0.29) is 0 Å². The van der Waals surface area contributed by atoms with E-state index in [1.165, 1.54) is 56.5 Å². The number of nitrogens with zero attached hydrogens (tertiary/aromatic N) is 1. The quantitative estimate of drug-likeness (QED) is 0.758. The maximum atomic E-state index is 4.75. The molecule has 2 rings (SSSR count). The Bertz CT molecular complexity index is 304. The Kier molecular flexibility index (Phi) is 6.73. The highest BCUT2D eigenvalue weighted by Gasteiger charge is 2.28. The fourth-order valence-electron chi connectivity index (χ4n) is 3.71. The maximum Gasteiger partial charge on any atom is 0.157 e. The van der Waals surface area contributed by atoms with Crippen LogP contribution in [-0.2, 0) is 0 Å². The molecule has 0 bridgehead atoms. The zero-order valence-electron chi connectivity index (χ0n) is 13.5. The summed E-state index contributed by atoms with van der Waals surface area (Å²) in [4.78, 5) is 4.75. The van der Waals surface area contributed by atoms with Crippen LogP contribution in [-0.4, -0.2) is 23.0 Å². The van der Waals surface area contributed by atoms with E-state index < -0.39 is 0 Å². The third kappa shape index (κ3) is 4.41. The Labute approximate surface area is 129 Å². The number of aliphatic imine (C=N–C) groups is 1. The lowest BCUT2D eigenvalue weighted by molar-refractivity contribution is 0.296. The summed E-state index contributed by atoms with van der Waals surface area (Å²) in [6.45, 7) is 7.97. The highest BCUT2D eigenvalue weighted by molar-refractivity contribution is 8.14. The van der Waals surface area contributed by atoms with Crippen molar-refractivity contribution in [1.29, 1.82) is 0 Å². The third-order valence-corrected chi connectivity index (χ3v) is 6.43. The SMILES string of the molecule is CCCC1CCC(NC2=NCC(C(CC)CC)S2)CC1. The number of thioether (sulfide) groups is 1. The number of amidine groups is 1. The molecule has 0 saturated heterocycles. The summed E-state index contributed by atoms with van der Waals surface area (Å²) in [6, 6.07) is 0.690. The molecular formula is C17H32N2S. The minimum Gasteiger partial charge on any atom is -0.362 e. The molecule has 1 heterocycles. The van der Waals surface area contributed by atoms with E-state index in [1.54, 1.807) is 0 Å². The van der Waals surface area contributed by atoms with Crippen LogP contribution in [0.3, 0.4) is 0 Å². The summed E-state index contributed by atoms with van der Waals surface area (Å²) < 4.78 is 0. The van der Waals surface area contributed by atoms with Gasteiger partial charge in [-0.1, -0.05) is 58.2 Å². The molecule has 2 nitrogen and oxygen atoms in total. The summed E-state index contributed by atoms with van der Waals surface area (Å²) in [6.07, 6.45) is 10.9. The molecule has 1 fully saturated rings. The molecule has 1 atom stereocenters. The molecule has 0 spiro atoms. The molecule has 116 valence electrons. The van der Waals surface area contributed by atoms with Crippen LogP contribution in [0.25, 0.3) is 0 Å². The van der Waals surface area contributed by atoms with Gasteiger partial charge < -0.3 is 5.32 Å². The molecule has 20 heavy (non-hydrogen) atoms. The van der Waals surface area contributed by atoms with Crippen LogP contribution in [0.4, 0.5) is 0 Å². The molecule has 1 aliphatic carbocycles. The maximum absolute atomic E-state index is 4.75. The molecule has 2 aliphatic rings. The standard InChI is InChI=1S/C17H32N2S/c1-4-7-13-8-10-15(11-9-13)19-17-18-12-16(20-17)14(5-2)6-3/h13-16H,4-12H2,1-3H3,(H,18,19). The lowest BCUT2D eigenvalue weighted by Gasteiger charge is -2.29. The van der Waals surface area contributed by atoms with Gasteiger partial charge >= 0.3 is 0 Å². The van der Waals surface area contributed by atoms with Gasteiger partial charge in [-0.2, -0.15) is 0 Å². The van der Waals surface area contributed by atoms with Crippen molar-refractivity contribution in [1.82, 2.24) is 5.32 Å². The summed E-state index contributed by atoms with van der Waals surface area (Å²) >= 11 is 2.01. The van der Waals surface area contributed by atoms with Crippen molar-refractivity contribution < 1.29 is 0 Å². The first kappa shape index (κ1) is 16.2. The van der Waals surface area contributed by atoms with Crippen molar-refractivity contribution in [3.05, 3.63) is 0 Å². The Hall–Kier alpha value is -0.180. The van der Waals surface area contributed by atoms with Crippen molar-refractivity contribution in [2.24, 2.45) is 16.8 Å². The average molecular weight is 297 g/mol. The second-order valence-corrected chi connectivity index (χ2v) is 7.76. The average Bonchev–Trinajstić information content (AvgIpc) is 2.91. The summed E-state index contributed by atoms with van der Waals surface area (Å²) in [5, 5.41) is 5.69. The predicted molar refractivity (Wildman–Crippen MR) is 91.5 cm³/mol. The smallest absolute Gasteiger partial charge is 0.157 e. The van der Waals surface area contributed by atoms with Crippen molar-refractivity contribution in [3.63, 3.8) is 0 Å². The minimum absolute atomic E-state index is 0.690. The van der Waals surface area contributed by atoms with Gasteiger partial charge in [0.1, 0.15) is 0 Å². The first-order chi connectivity index (χ1) is 9.76. The van der Waals surface area contributed by atoms with Crippen molar-refractivity contribution in [2.75, 3.05) is 6.54 Å². The summed E-state index contributed by atoms with van der Waals surface area (Å²) in [5.41, 5.74) is 0. The lowest BCUT2D eigenvalue weighted by Crippen LogP contribution is -2.36.